The zero-order valence-corrected chi connectivity index (χ0v) is 21.2. The van der Waals surface area contributed by atoms with Crippen molar-refractivity contribution in [1.29, 1.82) is 5.26 Å². The second-order valence-corrected chi connectivity index (χ2v) is 10.7. The van der Waals surface area contributed by atoms with Gasteiger partial charge < -0.3 is 24.3 Å². The highest BCUT2D eigenvalue weighted by Gasteiger charge is 2.58. The SMILES string of the molecule is CC1(C)O[C@H]2[C@@H](OCc3ccccc3F)C[C@](OCc3ccccc3C#N)(C(=O)NCC3CC3)C[C@H]2O1. The number of carbonyl (C=O) groups is 1. The van der Waals surface area contributed by atoms with Crippen molar-refractivity contribution >= 4 is 5.91 Å². The van der Waals surface area contributed by atoms with Crippen molar-refractivity contribution in [2.45, 2.75) is 82.4 Å². The molecule has 1 N–H and O–H groups in total. The average Bonchev–Trinajstić information content (AvgIpc) is 3.66. The van der Waals surface area contributed by atoms with Crippen LogP contribution in [0.3, 0.4) is 0 Å². The van der Waals surface area contributed by atoms with E-state index in [2.05, 4.69) is 11.4 Å². The number of amides is 1. The standard InChI is InChI=1S/C29H33FN2O5/c1-28(2)36-25-14-29(27(33)32-16-19-11-12-19,35-18-21-8-4-3-7-20(21)15-31)13-24(26(25)37-28)34-17-22-9-5-6-10-23(22)30/h3-10,19,24-26H,11-14,16-18H2,1-2H3,(H,32,33)/t24-,25+,26-,29+/m0/s1. The zero-order chi connectivity index (χ0) is 26.0. The maximum Gasteiger partial charge on any atom is 0.252 e. The maximum absolute atomic E-state index is 14.3. The number of benzene rings is 2. The van der Waals surface area contributed by atoms with Gasteiger partial charge in [0.15, 0.2) is 11.4 Å². The topological polar surface area (TPSA) is 89.8 Å². The molecular formula is C29H33FN2O5. The molecule has 0 bridgehead atoms. The fraction of sp³-hybridized carbons (Fsp3) is 0.517. The van der Waals surface area contributed by atoms with Crippen molar-refractivity contribution < 1.29 is 28.1 Å². The molecule has 7 nitrogen and oxygen atoms in total. The Morgan fingerprint density at radius 2 is 1.81 bits per heavy atom. The van der Waals surface area contributed by atoms with Gasteiger partial charge in [-0.15, -0.1) is 0 Å². The summed E-state index contributed by atoms with van der Waals surface area (Å²) < 4.78 is 39.4. The highest BCUT2D eigenvalue weighted by atomic mass is 19.1. The predicted molar refractivity (Wildman–Crippen MR) is 132 cm³/mol. The fourth-order valence-corrected chi connectivity index (χ4v) is 5.21. The highest BCUT2D eigenvalue weighted by molar-refractivity contribution is 5.85. The molecule has 0 radical (unpaired) electrons. The molecule has 0 spiro atoms. The Morgan fingerprint density at radius 3 is 2.54 bits per heavy atom. The largest absolute Gasteiger partial charge is 0.370 e. The summed E-state index contributed by atoms with van der Waals surface area (Å²) >= 11 is 0. The molecule has 0 unspecified atom stereocenters. The molecule has 1 aliphatic heterocycles. The summed E-state index contributed by atoms with van der Waals surface area (Å²) in [7, 11) is 0. The molecule has 0 aromatic heterocycles. The number of fused-ring (bicyclic) bond motifs is 1. The van der Waals surface area contributed by atoms with Crippen molar-refractivity contribution in [3.8, 4) is 6.07 Å². The summed E-state index contributed by atoms with van der Waals surface area (Å²) in [6.07, 6.45) is 1.26. The average molecular weight is 509 g/mol. The molecule has 3 fully saturated rings. The van der Waals surface area contributed by atoms with Gasteiger partial charge in [-0.05, 0) is 50.3 Å². The van der Waals surface area contributed by atoms with Crippen molar-refractivity contribution in [3.63, 3.8) is 0 Å². The second-order valence-electron chi connectivity index (χ2n) is 10.7. The number of carbonyl (C=O) groups excluding carboxylic acids is 1. The maximum atomic E-state index is 14.3. The van der Waals surface area contributed by atoms with Crippen LogP contribution in [0.25, 0.3) is 0 Å². The Bertz CT molecular complexity index is 1180. The number of nitrogens with zero attached hydrogens (tertiary/aromatic N) is 1. The van der Waals surface area contributed by atoms with E-state index in [1.54, 1.807) is 30.3 Å². The van der Waals surface area contributed by atoms with Crippen LogP contribution in [0.2, 0.25) is 0 Å². The minimum atomic E-state index is -1.26. The lowest BCUT2D eigenvalue weighted by molar-refractivity contribution is -0.183. The number of hydrogen-bond donors (Lipinski definition) is 1. The van der Waals surface area contributed by atoms with Crippen molar-refractivity contribution in [2.24, 2.45) is 5.92 Å². The third kappa shape index (κ3) is 5.86. The highest BCUT2D eigenvalue weighted by Crippen LogP contribution is 2.44. The molecule has 2 aromatic carbocycles. The fourth-order valence-electron chi connectivity index (χ4n) is 5.21. The quantitative estimate of drug-likeness (QED) is 0.541. The third-order valence-electron chi connectivity index (χ3n) is 7.36. The summed E-state index contributed by atoms with van der Waals surface area (Å²) in [6.45, 7) is 4.37. The molecule has 2 saturated carbocycles. The number of nitrogens with one attached hydrogen (secondary N) is 1. The number of halogens is 1. The number of ether oxygens (including phenoxy) is 4. The van der Waals surface area contributed by atoms with E-state index in [1.807, 2.05) is 26.0 Å². The van der Waals surface area contributed by atoms with Crippen LogP contribution in [0.4, 0.5) is 4.39 Å². The summed E-state index contributed by atoms with van der Waals surface area (Å²) in [6, 6.07) is 15.8. The molecule has 2 aromatic rings. The van der Waals surface area contributed by atoms with Crippen LogP contribution in [0.15, 0.2) is 48.5 Å². The van der Waals surface area contributed by atoms with Gasteiger partial charge in [-0.2, -0.15) is 5.26 Å². The molecular weight excluding hydrogens is 475 g/mol. The minimum absolute atomic E-state index is 0.0292. The molecule has 1 heterocycles. The van der Waals surface area contributed by atoms with Gasteiger partial charge in [-0.3, -0.25) is 4.79 Å². The molecule has 5 rings (SSSR count). The lowest BCUT2D eigenvalue weighted by Gasteiger charge is -2.43. The Morgan fingerprint density at radius 1 is 1.08 bits per heavy atom. The molecule has 8 heteroatoms. The first-order valence-corrected chi connectivity index (χ1v) is 12.9. The Balaban J connectivity index is 1.42. The van der Waals surface area contributed by atoms with Gasteiger partial charge in [0.2, 0.25) is 0 Å². The molecule has 196 valence electrons. The van der Waals surface area contributed by atoms with E-state index >= 15 is 0 Å². The second kappa shape index (κ2) is 10.5. The zero-order valence-electron chi connectivity index (χ0n) is 21.2. The first-order chi connectivity index (χ1) is 17.8. The van der Waals surface area contributed by atoms with Gasteiger partial charge in [0, 0.05) is 24.9 Å². The molecule has 1 amide bonds. The van der Waals surface area contributed by atoms with Crippen LogP contribution in [0.1, 0.15) is 56.2 Å². The van der Waals surface area contributed by atoms with Gasteiger partial charge in [0.05, 0.1) is 37.1 Å². The molecule has 3 aliphatic rings. The van der Waals surface area contributed by atoms with Crippen molar-refractivity contribution in [1.82, 2.24) is 5.32 Å². The van der Waals surface area contributed by atoms with Crippen LogP contribution < -0.4 is 5.32 Å². The summed E-state index contributed by atoms with van der Waals surface area (Å²) in [4.78, 5) is 13.7. The van der Waals surface area contributed by atoms with Crippen LogP contribution in [-0.4, -0.2) is 42.2 Å². The molecule has 37 heavy (non-hydrogen) atoms. The van der Waals surface area contributed by atoms with E-state index in [0.29, 0.717) is 29.2 Å². The monoisotopic (exact) mass is 508 g/mol. The van der Waals surface area contributed by atoms with Crippen molar-refractivity contribution in [3.05, 3.63) is 71.0 Å². The number of hydrogen-bond acceptors (Lipinski definition) is 6. The van der Waals surface area contributed by atoms with Crippen LogP contribution >= 0.6 is 0 Å². The molecule has 2 aliphatic carbocycles. The van der Waals surface area contributed by atoms with Gasteiger partial charge in [0.25, 0.3) is 5.91 Å². The van der Waals surface area contributed by atoms with E-state index in [4.69, 9.17) is 18.9 Å². The summed E-state index contributed by atoms with van der Waals surface area (Å²) in [5.41, 5.74) is 0.366. The van der Waals surface area contributed by atoms with Gasteiger partial charge in [0.1, 0.15) is 11.9 Å². The Labute approximate surface area is 216 Å². The van der Waals surface area contributed by atoms with E-state index in [-0.39, 0.29) is 37.8 Å². The van der Waals surface area contributed by atoms with Crippen LogP contribution in [-0.2, 0) is 37.0 Å². The lowest BCUT2D eigenvalue weighted by Crippen LogP contribution is -2.60. The van der Waals surface area contributed by atoms with Gasteiger partial charge in [-0.25, -0.2) is 4.39 Å². The van der Waals surface area contributed by atoms with E-state index in [1.165, 1.54) is 6.07 Å². The predicted octanol–water partition coefficient (Wildman–Crippen LogP) is 4.38. The third-order valence-corrected chi connectivity index (χ3v) is 7.36. The molecule has 4 atom stereocenters. The van der Waals surface area contributed by atoms with E-state index in [9.17, 15) is 14.4 Å². The smallest absolute Gasteiger partial charge is 0.252 e. The minimum Gasteiger partial charge on any atom is -0.370 e. The van der Waals surface area contributed by atoms with Crippen LogP contribution in [0.5, 0.6) is 0 Å². The lowest BCUT2D eigenvalue weighted by atomic mass is 9.78. The summed E-state index contributed by atoms with van der Waals surface area (Å²) in [5, 5.41) is 12.6. The Kier molecular flexibility index (Phi) is 7.32. The van der Waals surface area contributed by atoms with Gasteiger partial charge in [-0.1, -0.05) is 36.4 Å². The van der Waals surface area contributed by atoms with E-state index < -0.39 is 29.7 Å². The van der Waals surface area contributed by atoms with E-state index in [0.717, 1.165) is 12.8 Å². The number of nitriles is 1. The first-order valence-electron chi connectivity index (χ1n) is 12.9. The van der Waals surface area contributed by atoms with Crippen molar-refractivity contribution in [2.75, 3.05) is 6.54 Å². The van der Waals surface area contributed by atoms with Gasteiger partial charge >= 0.3 is 0 Å². The summed E-state index contributed by atoms with van der Waals surface area (Å²) in [5.74, 6) is -0.936. The first kappa shape index (κ1) is 25.8. The normalized spacial score (nSPS) is 28.3. The number of rotatable bonds is 9. The van der Waals surface area contributed by atoms with Crippen LogP contribution in [0, 0.1) is 23.1 Å². The Hall–Kier alpha value is -2.83. The molecule has 1 saturated heterocycles.